The first-order valence-electron chi connectivity index (χ1n) is 5.65. The Balaban J connectivity index is 2.79. The Morgan fingerprint density at radius 1 is 1.37 bits per heavy atom. The van der Waals surface area contributed by atoms with Crippen LogP contribution in [0.3, 0.4) is 0 Å². The first kappa shape index (κ1) is 15.3. The van der Waals surface area contributed by atoms with Gasteiger partial charge in [0.05, 0.1) is 11.4 Å². The Hall–Kier alpha value is -1.75. The van der Waals surface area contributed by atoms with E-state index in [9.17, 15) is 14.7 Å². The maximum absolute atomic E-state index is 11.5. The molecule has 19 heavy (non-hydrogen) atoms. The first-order chi connectivity index (χ1) is 8.73. The lowest BCUT2D eigenvalue weighted by molar-refractivity contribution is 0.0636. The summed E-state index contributed by atoms with van der Waals surface area (Å²) in [5, 5.41) is 12.1. The molecule has 0 heterocycles. The molecule has 1 amide bonds. The summed E-state index contributed by atoms with van der Waals surface area (Å²) in [5.41, 5.74) is -0.164. The third-order valence-corrected chi connectivity index (χ3v) is 2.31. The Kier molecular flexibility index (Phi) is 4.78. The predicted molar refractivity (Wildman–Crippen MR) is 73.0 cm³/mol. The smallest absolute Gasteiger partial charge is 0.412 e. The molecule has 0 saturated heterocycles. The fourth-order valence-corrected chi connectivity index (χ4v) is 1.48. The number of nitrogens with one attached hydrogen (secondary N) is 1. The summed E-state index contributed by atoms with van der Waals surface area (Å²) in [6.45, 7) is 5.23. The van der Waals surface area contributed by atoms with Crippen molar-refractivity contribution in [1.82, 2.24) is 0 Å². The molecule has 1 aromatic rings. The zero-order valence-corrected chi connectivity index (χ0v) is 11.7. The Labute approximate surface area is 116 Å². The molecular formula is C13H16ClNO4. The van der Waals surface area contributed by atoms with Gasteiger partial charge in [-0.25, -0.2) is 4.79 Å². The van der Waals surface area contributed by atoms with Crippen LogP contribution in [0, 0.1) is 0 Å². The van der Waals surface area contributed by atoms with Gasteiger partial charge in [0.1, 0.15) is 11.4 Å². The molecule has 0 aliphatic rings. The molecule has 0 aromatic heterocycles. The number of halogens is 1. The van der Waals surface area contributed by atoms with Crippen LogP contribution in [0.15, 0.2) is 18.2 Å². The number of phenolic OH excluding ortho intramolecular Hbond substituents is 1. The second-order valence-corrected chi connectivity index (χ2v) is 5.18. The van der Waals surface area contributed by atoms with Crippen molar-refractivity contribution < 1.29 is 19.4 Å². The summed E-state index contributed by atoms with van der Waals surface area (Å²) in [6.07, 6.45) is -0.636. The number of carbonyl (C=O) groups is 2. The van der Waals surface area contributed by atoms with E-state index in [2.05, 4.69) is 5.32 Å². The molecule has 0 atom stereocenters. The van der Waals surface area contributed by atoms with Crippen LogP contribution in [-0.4, -0.2) is 28.5 Å². The fraction of sp³-hybridized carbons (Fsp3) is 0.385. The molecule has 0 radical (unpaired) electrons. The predicted octanol–water partition coefficient (Wildman–Crippen LogP) is 3.16. The maximum Gasteiger partial charge on any atom is 0.412 e. The quantitative estimate of drug-likeness (QED) is 0.661. The van der Waals surface area contributed by atoms with Crippen LogP contribution in [0.2, 0.25) is 0 Å². The molecular weight excluding hydrogens is 270 g/mol. The van der Waals surface area contributed by atoms with Crippen LogP contribution in [0.1, 0.15) is 31.1 Å². The number of ether oxygens (including phenoxy) is 1. The zero-order chi connectivity index (χ0) is 14.6. The van der Waals surface area contributed by atoms with Crippen molar-refractivity contribution in [2.24, 2.45) is 0 Å². The van der Waals surface area contributed by atoms with Crippen LogP contribution in [0.4, 0.5) is 10.5 Å². The number of hydrogen-bond acceptors (Lipinski definition) is 4. The van der Waals surface area contributed by atoms with Crippen LogP contribution in [-0.2, 0) is 4.74 Å². The Morgan fingerprint density at radius 2 is 2.00 bits per heavy atom. The monoisotopic (exact) mass is 285 g/mol. The lowest BCUT2D eigenvalue weighted by Crippen LogP contribution is -2.27. The van der Waals surface area contributed by atoms with Crippen LogP contribution < -0.4 is 5.32 Å². The van der Waals surface area contributed by atoms with E-state index in [0.29, 0.717) is 5.69 Å². The van der Waals surface area contributed by atoms with E-state index in [1.807, 2.05) is 0 Å². The minimum atomic E-state index is -0.636. The molecule has 0 spiro atoms. The van der Waals surface area contributed by atoms with E-state index < -0.39 is 11.7 Å². The standard InChI is InChI=1S/C13H16ClNO4/c1-13(2,3)19-12(18)15-8-4-5-9(10(16)6-8)11(17)7-14/h4-6,16H,7H2,1-3H3,(H,15,18). The van der Waals surface area contributed by atoms with Gasteiger partial charge in [0, 0.05) is 11.8 Å². The van der Waals surface area contributed by atoms with Gasteiger partial charge in [-0.15, -0.1) is 11.6 Å². The van der Waals surface area contributed by atoms with Gasteiger partial charge in [-0.1, -0.05) is 0 Å². The highest BCUT2D eigenvalue weighted by molar-refractivity contribution is 6.30. The largest absolute Gasteiger partial charge is 0.507 e. The van der Waals surface area contributed by atoms with Crippen molar-refractivity contribution in [3.63, 3.8) is 0 Å². The van der Waals surface area contributed by atoms with Gasteiger partial charge in [-0.05, 0) is 32.9 Å². The van der Waals surface area contributed by atoms with Crippen LogP contribution in [0.25, 0.3) is 0 Å². The summed E-state index contributed by atoms with van der Waals surface area (Å²) >= 11 is 5.40. The normalized spacial score (nSPS) is 10.9. The molecule has 1 aromatic carbocycles. The second kappa shape index (κ2) is 5.93. The summed E-state index contributed by atoms with van der Waals surface area (Å²) in [4.78, 5) is 22.9. The molecule has 2 N–H and O–H groups in total. The van der Waals surface area contributed by atoms with Gasteiger partial charge in [0.25, 0.3) is 0 Å². The number of alkyl halides is 1. The molecule has 0 aliphatic heterocycles. The summed E-state index contributed by atoms with van der Waals surface area (Å²) in [6, 6.07) is 4.15. The number of anilines is 1. The molecule has 6 heteroatoms. The molecule has 1 rings (SSSR count). The number of benzene rings is 1. The van der Waals surface area contributed by atoms with Crippen molar-refractivity contribution in [2.45, 2.75) is 26.4 Å². The summed E-state index contributed by atoms with van der Waals surface area (Å²) in [5.74, 6) is -0.839. The zero-order valence-electron chi connectivity index (χ0n) is 11.0. The van der Waals surface area contributed by atoms with E-state index >= 15 is 0 Å². The SMILES string of the molecule is CC(C)(C)OC(=O)Nc1ccc(C(=O)CCl)c(O)c1. The highest BCUT2D eigenvalue weighted by Gasteiger charge is 2.17. The minimum Gasteiger partial charge on any atom is -0.507 e. The van der Waals surface area contributed by atoms with E-state index in [1.54, 1.807) is 20.8 Å². The fourth-order valence-electron chi connectivity index (χ4n) is 1.34. The number of Topliss-reactive ketones (excluding diaryl/α,β-unsaturated/α-hetero) is 1. The van der Waals surface area contributed by atoms with Gasteiger partial charge in [0.2, 0.25) is 0 Å². The van der Waals surface area contributed by atoms with E-state index in [4.69, 9.17) is 16.3 Å². The highest BCUT2D eigenvalue weighted by Crippen LogP contribution is 2.23. The number of phenols is 1. The number of ketones is 1. The highest BCUT2D eigenvalue weighted by atomic mass is 35.5. The van der Waals surface area contributed by atoms with Gasteiger partial charge in [-0.3, -0.25) is 10.1 Å². The molecule has 0 fully saturated rings. The molecule has 0 bridgehead atoms. The maximum atomic E-state index is 11.5. The van der Waals surface area contributed by atoms with Crippen molar-refractivity contribution in [3.8, 4) is 5.75 Å². The Bertz CT molecular complexity index is 494. The molecule has 0 aliphatic carbocycles. The topological polar surface area (TPSA) is 75.6 Å². The minimum absolute atomic E-state index is 0.115. The van der Waals surface area contributed by atoms with Crippen molar-refractivity contribution in [1.29, 1.82) is 0 Å². The number of aromatic hydroxyl groups is 1. The number of hydrogen-bond donors (Lipinski definition) is 2. The van der Waals surface area contributed by atoms with Gasteiger partial charge >= 0.3 is 6.09 Å². The van der Waals surface area contributed by atoms with E-state index in [0.717, 1.165) is 0 Å². The van der Waals surface area contributed by atoms with Crippen LogP contribution >= 0.6 is 11.6 Å². The van der Waals surface area contributed by atoms with E-state index in [1.165, 1.54) is 18.2 Å². The lowest BCUT2D eigenvalue weighted by Gasteiger charge is -2.19. The average molecular weight is 286 g/mol. The van der Waals surface area contributed by atoms with Crippen molar-refractivity contribution >= 4 is 29.2 Å². The van der Waals surface area contributed by atoms with Gasteiger partial charge < -0.3 is 9.84 Å². The van der Waals surface area contributed by atoms with E-state index in [-0.39, 0.29) is 23.0 Å². The molecule has 0 unspecified atom stereocenters. The summed E-state index contributed by atoms with van der Waals surface area (Å²) < 4.78 is 5.06. The average Bonchev–Trinajstić information content (AvgIpc) is 2.25. The molecule has 5 nitrogen and oxygen atoms in total. The third kappa shape index (κ3) is 4.79. The lowest BCUT2D eigenvalue weighted by atomic mass is 10.1. The molecule has 104 valence electrons. The molecule has 0 saturated carbocycles. The number of carbonyl (C=O) groups excluding carboxylic acids is 2. The summed E-state index contributed by atoms with van der Waals surface area (Å²) in [7, 11) is 0. The van der Waals surface area contributed by atoms with Crippen molar-refractivity contribution in [2.75, 3.05) is 11.2 Å². The van der Waals surface area contributed by atoms with Gasteiger partial charge in [-0.2, -0.15) is 0 Å². The van der Waals surface area contributed by atoms with Crippen molar-refractivity contribution in [3.05, 3.63) is 23.8 Å². The Morgan fingerprint density at radius 3 is 2.47 bits per heavy atom. The van der Waals surface area contributed by atoms with Gasteiger partial charge in [0.15, 0.2) is 5.78 Å². The second-order valence-electron chi connectivity index (χ2n) is 4.92. The first-order valence-corrected chi connectivity index (χ1v) is 6.18. The third-order valence-electron chi connectivity index (χ3n) is 2.06. The number of amides is 1. The van der Waals surface area contributed by atoms with Crippen LogP contribution in [0.5, 0.6) is 5.75 Å². The number of rotatable bonds is 3.